The first kappa shape index (κ1) is 14.9. The first-order valence-corrected chi connectivity index (χ1v) is 8.66. The number of benzene rings is 1. The third kappa shape index (κ3) is 4.45. The lowest BCUT2D eigenvalue weighted by Gasteiger charge is -2.29. The van der Waals surface area contributed by atoms with E-state index in [4.69, 9.17) is 0 Å². The van der Waals surface area contributed by atoms with Crippen LogP contribution in [0, 0.1) is 0 Å². The molecule has 2 heterocycles. The van der Waals surface area contributed by atoms with Gasteiger partial charge in [0.15, 0.2) is 0 Å². The van der Waals surface area contributed by atoms with E-state index in [0.717, 1.165) is 0 Å². The summed E-state index contributed by atoms with van der Waals surface area (Å²) in [4.78, 5) is 7.86. The normalized spacial score (nSPS) is 22.2. The lowest BCUT2D eigenvalue weighted by Crippen LogP contribution is -2.39. The van der Waals surface area contributed by atoms with Crippen LogP contribution in [0.4, 0.5) is 5.69 Å². The molecule has 0 aliphatic carbocycles. The highest BCUT2D eigenvalue weighted by Gasteiger charge is 2.16. The van der Waals surface area contributed by atoms with Crippen molar-refractivity contribution in [2.45, 2.75) is 25.7 Å². The molecule has 0 unspecified atom stereocenters. The average molecular weight is 287 g/mol. The summed E-state index contributed by atoms with van der Waals surface area (Å²) >= 11 is 0. The second-order valence-corrected chi connectivity index (χ2v) is 6.42. The maximum atomic E-state index is 2.66. The third-order valence-electron chi connectivity index (χ3n) is 4.89. The largest absolute Gasteiger partial charge is 0.370 e. The zero-order valence-corrected chi connectivity index (χ0v) is 13.2. The summed E-state index contributed by atoms with van der Waals surface area (Å²) < 4.78 is 0. The van der Waals surface area contributed by atoms with E-state index in [-0.39, 0.29) is 0 Å². The molecule has 2 fully saturated rings. The van der Waals surface area contributed by atoms with Crippen molar-refractivity contribution < 1.29 is 0 Å². The monoisotopic (exact) mass is 287 g/mol. The van der Waals surface area contributed by atoms with Crippen molar-refractivity contribution in [2.75, 3.05) is 57.3 Å². The van der Waals surface area contributed by atoms with Gasteiger partial charge in [-0.3, -0.25) is 0 Å². The molecule has 0 bridgehead atoms. The van der Waals surface area contributed by atoms with Crippen LogP contribution in [0.25, 0.3) is 0 Å². The van der Waals surface area contributed by atoms with E-state index in [9.17, 15) is 0 Å². The van der Waals surface area contributed by atoms with E-state index >= 15 is 0 Å². The molecule has 2 aliphatic rings. The molecule has 21 heavy (non-hydrogen) atoms. The summed E-state index contributed by atoms with van der Waals surface area (Å²) in [6.07, 6.45) is 5.53. The molecule has 1 aromatic rings. The lowest BCUT2D eigenvalue weighted by atomic mass is 10.1. The SMILES string of the molecule is c1ccc(N2CCCN(CCN3CCCCC3)CC2)cc1. The van der Waals surface area contributed by atoms with Crippen LogP contribution in [0.2, 0.25) is 0 Å². The van der Waals surface area contributed by atoms with Gasteiger partial charge in [0.2, 0.25) is 0 Å². The molecule has 2 aliphatic heterocycles. The maximum Gasteiger partial charge on any atom is 0.0366 e. The molecular formula is C18H29N3. The predicted octanol–water partition coefficient (Wildman–Crippen LogP) is 2.68. The first-order valence-electron chi connectivity index (χ1n) is 8.66. The molecule has 0 aromatic heterocycles. The molecule has 1 aromatic carbocycles. The smallest absolute Gasteiger partial charge is 0.0366 e. The number of para-hydroxylation sites is 1. The zero-order chi connectivity index (χ0) is 14.3. The van der Waals surface area contributed by atoms with Gasteiger partial charge in [-0.2, -0.15) is 0 Å². The molecule has 3 nitrogen and oxygen atoms in total. The van der Waals surface area contributed by atoms with E-state index in [2.05, 4.69) is 45.0 Å². The van der Waals surface area contributed by atoms with Gasteiger partial charge in [0.1, 0.15) is 0 Å². The Morgan fingerprint density at radius 1 is 0.619 bits per heavy atom. The molecule has 0 N–H and O–H groups in total. The van der Waals surface area contributed by atoms with Gasteiger partial charge in [0, 0.05) is 38.4 Å². The van der Waals surface area contributed by atoms with E-state index in [1.165, 1.54) is 83.7 Å². The van der Waals surface area contributed by atoms with E-state index in [1.54, 1.807) is 0 Å². The summed E-state index contributed by atoms with van der Waals surface area (Å²) in [6, 6.07) is 10.9. The van der Waals surface area contributed by atoms with E-state index in [1.807, 2.05) is 0 Å². The van der Waals surface area contributed by atoms with Crippen molar-refractivity contribution in [1.29, 1.82) is 0 Å². The summed E-state index contributed by atoms with van der Waals surface area (Å²) in [5.74, 6) is 0. The minimum absolute atomic E-state index is 1.17. The average Bonchev–Trinajstić information content (AvgIpc) is 2.80. The van der Waals surface area contributed by atoms with Crippen LogP contribution in [0.1, 0.15) is 25.7 Å². The molecule has 0 radical (unpaired) electrons. The Balaban J connectivity index is 1.44. The van der Waals surface area contributed by atoms with Gasteiger partial charge in [-0.25, -0.2) is 0 Å². The maximum absolute atomic E-state index is 2.66. The van der Waals surface area contributed by atoms with Gasteiger partial charge in [0.05, 0.1) is 0 Å². The van der Waals surface area contributed by atoms with Gasteiger partial charge in [0.25, 0.3) is 0 Å². The van der Waals surface area contributed by atoms with Gasteiger partial charge in [-0.05, 0) is 51.0 Å². The van der Waals surface area contributed by atoms with Crippen LogP contribution in [0.5, 0.6) is 0 Å². The topological polar surface area (TPSA) is 9.72 Å². The van der Waals surface area contributed by atoms with Gasteiger partial charge in [-0.1, -0.05) is 24.6 Å². The standard InChI is InChI=1S/C18H29N3/c1-3-8-18(9-4-1)21-13-7-12-20(16-17-21)15-14-19-10-5-2-6-11-19/h1,3-4,8-9H,2,5-7,10-17H2. The number of anilines is 1. The van der Waals surface area contributed by atoms with E-state index < -0.39 is 0 Å². The Morgan fingerprint density at radius 3 is 2.05 bits per heavy atom. The Morgan fingerprint density at radius 2 is 1.29 bits per heavy atom. The van der Waals surface area contributed by atoms with Crippen LogP contribution >= 0.6 is 0 Å². The molecule has 3 heteroatoms. The van der Waals surface area contributed by atoms with Crippen LogP contribution in [0.3, 0.4) is 0 Å². The fourth-order valence-electron chi connectivity index (χ4n) is 3.56. The number of nitrogens with zero attached hydrogens (tertiary/aromatic N) is 3. The summed E-state index contributed by atoms with van der Waals surface area (Å²) in [7, 11) is 0. The van der Waals surface area contributed by atoms with Crippen LogP contribution in [-0.4, -0.2) is 62.2 Å². The Bertz CT molecular complexity index is 400. The van der Waals surface area contributed by atoms with Crippen molar-refractivity contribution in [1.82, 2.24) is 9.80 Å². The van der Waals surface area contributed by atoms with Crippen molar-refractivity contribution in [3.05, 3.63) is 30.3 Å². The van der Waals surface area contributed by atoms with Crippen molar-refractivity contribution in [2.24, 2.45) is 0 Å². The van der Waals surface area contributed by atoms with Gasteiger partial charge >= 0.3 is 0 Å². The highest BCUT2D eigenvalue weighted by molar-refractivity contribution is 5.46. The third-order valence-corrected chi connectivity index (χ3v) is 4.89. The number of piperidine rings is 1. The van der Waals surface area contributed by atoms with Crippen molar-refractivity contribution in [3.8, 4) is 0 Å². The van der Waals surface area contributed by atoms with Crippen LogP contribution in [-0.2, 0) is 0 Å². The summed E-state index contributed by atoms with van der Waals surface area (Å²) in [5, 5.41) is 0. The Hall–Kier alpha value is -1.06. The van der Waals surface area contributed by atoms with Crippen LogP contribution in [0.15, 0.2) is 30.3 Å². The minimum atomic E-state index is 1.17. The Labute approximate surface area is 129 Å². The van der Waals surface area contributed by atoms with Crippen molar-refractivity contribution >= 4 is 5.69 Å². The highest BCUT2D eigenvalue weighted by Crippen LogP contribution is 2.16. The molecule has 116 valence electrons. The molecular weight excluding hydrogens is 258 g/mol. The molecule has 0 amide bonds. The quantitative estimate of drug-likeness (QED) is 0.843. The fourth-order valence-corrected chi connectivity index (χ4v) is 3.56. The molecule has 3 rings (SSSR count). The zero-order valence-electron chi connectivity index (χ0n) is 13.2. The van der Waals surface area contributed by atoms with Gasteiger partial charge in [-0.15, -0.1) is 0 Å². The lowest BCUT2D eigenvalue weighted by molar-refractivity contribution is 0.186. The minimum Gasteiger partial charge on any atom is -0.370 e. The molecule has 2 saturated heterocycles. The fraction of sp³-hybridized carbons (Fsp3) is 0.667. The number of likely N-dealkylation sites (tertiary alicyclic amines) is 1. The first-order chi connectivity index (χ1) is 10.4. The number of hydrogen-bond acceptors (Lipinski definition) is 3. The molecule has 0 atom stereocenters. The highest BCUT2D eigenvalue weighted by atomic mass is 15.2. The number of hydrogen-bond donors (Lipinski definition) is 0. The summed E-state index contributed by atoms with van der Waals surface area (Å²) in [6.45, 7) is 10.0. The predicted molar refractivity (Wildman–Crippen MR) is 90.0 cm³/mol. The summed E-state index contributed by atoms with van der Waals surface area (Å²) in [5.41, 5.74) is 1.38. The Kier molecular flexibility index (Phi) is 5.53. The second kappa shape index (κ2) is 7.81. The second-order valence-electron chi connectivity index (χ2n) is 6.42. The van der Waals surface area contributed by atoms with E-state index in [0.29, 0.717) is 0 Å². The molecule has 0 spiro atoms. The van der Waals surface area contributed by atoms with Crippen LogP contribution < -0.4 is 4.90 Å². The van der Waals surface area contributed by atoms with Crippen molar-refractivity contribution in [3.63, 3.8) is 0 Å². The van der Waals surface area contributed by atoms with Gasteiger partial charge < -0.3 is 14.7 Å². The molecule has 0 saturated carbocycles. The number of rotatable bonds is 4.